The lowest BCUT2D eigenvalue weighted by atomic mass is 10.3. The lowest BCUT2D eigenvalue weighted by molar-refractivity contribution is 0.101. The number of carbonyl (C=O) groups is 1. The number of anilines is 1. The van der Waals surface area contributed by atoms with Crippen LogP contribution in [-0.4, -0.2) is 20.3 Å². The first-order chi connectivity index (χ1) is 7.58. The SMILES string of the molecule is Cc1nn(C)cc1NC(=O)c1cccn1C. The summed E-state index contributed by atoms with van der Waals surface area (Å²) in [6.45, 7) is 1.86. The number of nitrogens with zero attached hydrogens (tertiary/aromatic N) is 3. The first-order valence-electron chi connectivity index (χ1n) is 5.01. The van der Waals surface area contributed by atoms with Gasteiger partial charge in [0.25, 0.3) is 5.91 Å². The molecule has 5 nitrogen and oxygen atoms in total. The summed E-state index contributed by atoms with van der Waals surface area (Å²) in [5, 5.41) is 6.99. The number of nitrogens with one attached hydrogen (secondary N) is 1. The summed E-state index contributed by atoms with van der Waals surface area (Å²) in [5.74, 6) is -0.122. The number of hydrogen-bond acceptors (Lipinski definition) is 2. The molecule has 2 aromatic rings. The summed E-state index contributed by atoms with van der Waals surface area (Å²) >= 11 is 0. The predicted octanol–water partition coefficient (Wildman–Crippen LogP) is 1.32. The van der Waals surface area contributed by atoms with Crippen molar-refractivity contribution in [1.82, 2.24) is 14.3 Å². The predicted molar refractivity (Wildman–Crippen MR) is 61.3 cm³/mol. The zero-order valence-electron chi connectivity index (χ0n) is 9.56. The topological polar surface area (TPSA) is 51.9 Å². The van der Waals surface area contributed by atoms with Crippen molar-refractivity contribution < 1.29 is 4.79 Å². The van der Waals surface area contributed by atoms with Gasteiger partial charge < -0.3 is 9.88 Å². The molecule has 2 rings (SSSR count). The first kappa shape index (κ1) is 10.5. The van der Waals surface area contributed by atoms with E-state index in [1.54, 1.807) is 21.5 Å². The fourth-order valence-corrected chi connectivity index (χ4v) is 1.61. The highest BCUT2D eigenvalue weighted by atomic mass is 16.1. The van der Waals surface area contributed by atoms with Crippen LogP contribution in [0.25, 0.3) is 0 Å². The van der Waals surface area contributed by atoms with Crippen molar-refractivity contribution in [1.29, 1.82) is 0 Å². The standard InChI is InChI=1S/C11H14N4O/c1-8-9(7-15(3)13-8)12-11(16)10-5-4-6-14(10)2/h4-7H,1-3H3,(H,12,16). The Labute approximate surface area is 93.7 Å². The van der Waals surface area contributed by atoms with Crippen molar-refractivity contribution in [2.45, 2.75) is 6.92 Å². The van der Waals surface area contributed by atoms with Gasteiger partial charge in [-0.3, -0.25) is 9.48 Å². The highest BCUT2D eigenvalue weighted by Gasteiger charge is 2.11. The minimum Gasteiger partial charge on any atom is -0.347 e. The molecule has 1 N–H and O–H groups in total. The lowest BCUT2D eigenvalue weighted by Crippen LogP contribution is -2.15. The Kier molecular flexibility index (Phi) is 2.52. The molecule has 0 spiro atoms. The van der Waals surface area contributed by atoms with E-state index in [4.69, 9.17) is 0 Å². The van der Waals surface area contributed by atoms with Crippen LogP contribution in [0.4, 0.5) is 5.69 Å². The molecule has 0 saturated heterocycles. The number of aryl methyl sites for hydroxylation is 3. The van der Waals surface area contributed by atoms with E-state index in [1.807, 2.05) is 33.3 Å². The van der Waals surface area contributed by atoms with Crippen LogP contribution in [-0.2, 0) is 14.1 Å². The third-order valence-electron chi connectivity index (χ3n) is 2.44. The molecule has 0 aliphatic heterocycles. The summed E-state index contributed by atoms with van der Waals surface area (Å²) < 4.78 is 3.46. The highest BCUT2D eigenvalue weighted by molar-refractivity contribution is 6.03. The molecule has 0 radical (unpaired) electrons. The second kappa shape index (κ2) is 3.84. The number of hydrogen-bond donors (Lipinski definition) is 1. The molecule has 16 heavy (non-hydrogen) atoms. The van der Waals surface area contributed by atoms with Crippen LogP contribution in [0, 0.1) is 6.92 Å². The summed E-state index contributed by atoms with van der Waals surface area (Å²) in [4.78, 5) is 11.9. The van der Waals surface area contributed by atoms with Gasteiger partial charge in [-0.25, -0.2) is 0 Å². The number of rotatable bonds is 2. The summed E-state index contributed by atoms with van der Waals surface area (Å²) in [6.07, 6.45) is 3.63. The van der Waals surface area contributed by atoms with Gasteiger partial charge in [0.1, 0.15) is 5.69 Å². The average Bonchev–Trinajstić information content (AvgIpc) is 2.74. The van der Waals surface area contributed by atoms with Crippen LogP contribution in [0.15, 0.2) is 24.5 Å². The minimum atomic E-state index is -0.122. The third-order valence-corrected chi connectivity index (χ3v) is 2.44. The molecule has 0 aliphatic rings. The third kappa shape index (κ3) is 1.84. The second-order valence-electron chi connectivity index (χ2n) is 3.76. The van der Waals surface area contributed by atoms with Gasteiger partial charge in [0.15, 0.2) is 0 Å². The van der Waals surface area contributed by atoms with Crippen molar-refractivity contribution >= 4 is 11.6 Å². The first-order valence-corrected chi connectivity index (χ1v) is 5.01. The van der Waals surface area contributed by atoms with Gasteiger partial charge in [0.05, 0.1) is 11.4 Å². The Morgan fingerprint density at radius 2 is 2.19 bits per heavy atom. The smallest absolute Gasteiger partial charge is 0.272 e. The van der Waals surface area contributed by atoms with Crippen molar-refractivity contribution in [2.24, 2.45) is 14.1 Å². The quantitative estimate of drug-likeness (QED) is 0.826. The summed E-state index contributed by atoms with van der Waals surface area (Å²) in [5.41, 5.74) is 2.18. The average molecular weight is 218 g/mol. The molecule has 0 saturated carbocycles. The Balaban J connectivity index is 2.20. The molecule has 2 aromatic heterocycles. The number of carbonyl (C=O) groups excluding carboxylic acids is 1. The van der Waals surface area contributed by atoms with Crippen LogP contribution in [0.3, 0.4) is 0 Å². The molecular weight excluding hydrogens is 204 g/mol. The maximum atomic E-state index is 11.9. The Morgan fingerprint density at radius 1 is 1.44 bits per heavy atom. The molecule has 0 fully saturated rings. The van der Waals surface area contributed by atoms with E-state index in [0.29, 0.717) is 5.69 Å². The van der Waals surface area contributed by atoms with Gasteiger partial charge in [-0.15, -0.1) is 0 Å². The fraction of sp³-hybridized carbons (Fsp3) is 0.273. The molecule has 0 unspecified atom stereocenters. The Bertz CT molecular complexity index is 524. The van der Waals surface area contributed by atoms with Gasteiger partial charge in [-0.2, -0.15) is 5.10 Å². The zero-order valence-corrected chi connectivity index (χ0v) is 9.56. The molecule has 0 atom stereocenters. The minimum absolute atomic E-state index is 0.122. The summed E-state index contributed by atoms with van der Waals surface area (Å²) in [6, 6.07) is 3.62. The van der Waals surface area contributed by atoms with Crippen LogP contribution < -0.4 is 5.32 Å². The molecular formula is C11H14N4O. The monoisotopic (exact) mass is 218 g/mol. The van der Waals surface area contributed by atoms with E-state index in [1.165, 1.54) is 0 Å². The van der Waals surface area contributed by atoms with Gasteiger partial charge in [0.2, 0.25) is 0 Å². The van der Waals surface area contributed by atoms with Gasteiger partial charge in [0, 0.05) is 26.5 Å². The van der Waals surface area contributed by atoms with Crippen molar-refractivity contribution in [2.75, 3.05) is 5.32 Å². The van der Waals surface area contributed by atoms with Crippen molar-refractivity contribution in [3.63, 3.8) is 0 Å². The normalized spacial score (nSPS) is 10.4. The van der Waals surface area contributed by atoms with E-state index in [9.17, 15) is 4.79 Å². The van der Waals surface area contributed by atoms with Crippen LogP contribution >= 0.6 is 0 Å². The van der Waals surface area contributed by atoms with E-state index in [2.05, 4.69) is 10.4 Å². The number of aromatic nitrogens is 3. The van der Waals surface area contributed by atoms with Gasteiger partial charge >= 0.3 is 0 Å². The Morgan fingerprint density at radius 3 is 2.69 bits per heavy atom. The molecule has 2 heterocycles. The van der Waals surface area contributed by atoms with Gasteiger partial charge in [-0.1, -0.05) is 0 Å². The van der Waals surface area contributed by atoms with E-state index in [-0.39, 0.29) is 5.91 Å². The molecule has 0 bridgehead atoms. The van der Waals surface area contributed by atoms with Crippen LogP contribution in [0.5, 0.6) is 0 Å². The number of amides is 1. The molecule has 0 aromatic carbocycles. The largest absolute Gasteiger partial charge is 0.347 e. The van der Waals surface area contributed by atoms with Crippen molar-refractivity contribution in [3.05, 3.63) is 35.9 Å². The zero-order chi connectivity index (χ0) is 11.7. The van der Waals surface area contributed by atoms with Gasteiger partial charge in [-0.05, 0) is 19.1 Å². The summed E-state index contributed by atoms with van der Waals surface area (Å²) in [7, 11) is 3.66. The lowest BCUT2D eigenvalue weighted by Gasteiger charge is -2.04. The van der Waals surface area contributed by atoms with Crippen LogP contribution in [0.1, 0.15) is 16.2 Å². The van der Waals surface area contributed by atoms with E-state index >= 15 is 0 Å². The molecule has 84 valence electrons. The molecule has 0 aliphatic carbocycles. The maximum Gasteiger partial charge on any atom is 0.272 e. The van der Waals surface area contributed by atoms with Crippen LogP contribution in [0.2, 0.25) is 0 Å². The van der Waals surface area contributed by atoms with Crippen molar-refractivity contribution in [3.8, 4) is 0 Å². The molecule has 1 amide bonds. The fourth-order valence-electron chi connectivity index (χ4n) is 1.61. The van der Waals surface area contributed by atoms with E-state index in [0.717, 1.165) is 11.4 Å². The van der Waals surface area contributed by atoms with E-state index < -0.39 is 0 Å². The molecule has 5 heteroatoms. The highest BCUT2D eigenvalue weighted by Crippen LogP contribution is 2.13. The second-order valence-corrected chi connectivity index (χ2v) is 3.76. The Hall–Kier alpha value is -2.04. The maximum absolute atomic E-state index is 11.9.